The van der Waals surface area contributed by atoms with Crippen LogP contribution in [0.4, 0.5) is 23.4 Å². The van der Waals surface area contributed by atoms with Crippen molar-refractivity contribution in [1.82, 2.24) is 9.55 Å². The van der Waals surface area contributed by atoms with E-state index in [1.54, 1.807) is 0 Å². The van der Waals surface area contributed by atoms with Gasteiger partial charge in [-0.15, -0.1) is 0 Å². The van der Waals surface area contributed by atoms with Crippen molar-refractivity contribution in [2.45, 2.75) is 18.4 Å². The van der Waals surface area contributed by atoms with Crippen LogP contribution in [-0.2, 0) is 6.54 Å². The number of anilines is 1. The molecule has 0 spiro atoms. The topological polar surface area (TPSA) is 81.1 Å². The molecule has 5 nitrogen and oxygen atoms in total. The lowest BCUT2D eigenvalue weighted by Crippen LogP contribution is -2.48. The van der Waals surface area contributed by atoms with Gasteiger partial charge < -0.3 is 10.8 Å². The number of aliphatic hydroxyl groups is 1. The first-order valence-corrected chi connectivity index (χ1v) is 4.39. The monoisotopic (exact) mass is 255 g/mol. The standard InChI is InChI=1S/C8H9F4N3O2/c9-7(10,8(11,12)4-16)3-15-2-1-5(13)14-6(15)17/h1-2,16H,3-4H2,(H2,13,14,17). The fourth-order valence-corrected chi connectivity index (χ4v) is 1.01. The van der Waals surface area contributed by atoms with Crippen LogP contribution in [0.25, 0.3) is 0 Å². The zero-order chi connectivity index (χ0) is 13.3. The van der Waals surface area contributed by atoms with E-state index in [1.807, 2.05) is 0 Å². The normalized spacial score (nSPS) is 12.8. The summed E-state index contributed by atoms with van der Waals surface area (Å²) in [5.41, 5.74) is 3.93. The predicted molar refractivity (Wildman–Crippen MR) is 49.9 cm³/mol. The van der Waals surface area contributed by atoms with Crippen molar-refractivity contribution < 1.29 is 22.7 Å². The SMILES string of the molecule is Nc1ccn(CC(F)(F)C(F)(F)CO)c(=O)n1. The molecule has 1 rings (SSSR count). The summed E-state index contributed by atoms with van der Waals surface area (Å²) >= 11 is 0. The molecule has 0 aliphatic heterocycles. The van der Waals surface area contributed by atoms with Gasteiger partial charge >= 0.3 is 17.5 Å². The molecule has 1 aromatic heterocycles. The van der Waals surface area contributed by atoms with Crippen LogP contribution in [0.5, 0.6) is 0 Å². The molecular weight excluding hydrogens is 246 g/mol. The maximum Gasteiger partial charge on any atom is 0.349 e. The summed E-state index contributed by atoms with van der Waals surface area (Å²) in [6.45, 7) is -3.61. The molecule has 96 valence electrons. The van der Waals surface area contributed by atoms with E-state index in [-0.39, 0.29) is 5.82 Å². The van der Waals surface area contributed by atoms with Crippen LogP contribution in [0.1, 0.15) is 0 Å². The maximum atomic E-state index is 13.0. The molecule has 0 radical (unpaired) electrons. The summed E-state index contributed by atoms with van der Waals surface area (Å²) < 4.78 is 51.7. The summed E-state index contributed by atoms with van der Waals surface area (Å²) in [4.78, 5) is 14.2. The molecular formula is C8H9F4N3O2. The van der Waals surface area contributed by atoms with Crippen LogP contribution < -0.4 is 11.4 Å². The molecule has 0 saturated heterocycles. The fourth-order valence-electron chi connectivity index (χ4n) is 1.01. The van der Waals surface area contributed by atoms with Crippen molar-refractivity contribution in [3.63, 3.8) is 0 Å². The second kappa shape index (κ2) is 4.32. The van der Waals surface area contributed by atoms with E-state index in [0.29, 0.717) is 4.57 Å². The third kappa shape index (κ3) is 2.73. The second-order valence-corrected chi connectivity index (χ2v) is 3.33. The highest BCUT2D eigenvalue weighted by Crippen LogP contribution is 2.34. The van der Waals surface area contributed by atoms with Gasteiger partial charge in [0.25, 0.3) is 0 Å². The number of rotatable bonds is 4. The summed E-state index contributed by atoms with van der Waals surface area (Å²) in [5, 5.41) is 8.17. The van der Waals surface area contributed by atoms with Gasteiger partial charge in [-0.1, -0.05) is 0 Å². The van der Waals surface area contributed by atoms with E-state index >= 15 is 0 Å². The molecule has 9 heteroatoms. The van der Waals surface area contributed by atoms with Gasteiger partial charge in [-0.3, -0.25) is 4.57 Å². The van der Waals surface area contributed by atoms with Gasteiger partial charge in [0.2, 0.25) is 0 Å². The minimum absolute atomic E-state index is 0.205. The molecule has 17 heavy (non-hydrogen) atoms. The van der Waals surface area contributed by atoms with Crippen LogP contribution in [0.2, 0.25) is 0 Å². The Kier molecular flexibility index (Phi) is 3.41. The molecule has 0 saturated carbocycles. The molecule has 0 aliphatic carbocycles. The number of alkyl halides is 4. The molecule has 0 aromatic carbocycles. The van der Waals surface area contributed by atoms with Crippen molar-refractivity contribution in [2.24, 2.45) is 0 Å². The lowest BCUT2D eigenvalue weighted by molar-refractivity contribution is -0.231. The number of aromatic nitrogens is 2. The maximum absolute atomic E-state index is 13.0. The van der Waals surface area contributed by atoms with Crippen LogP contribution in [0.15, 0.2) is 17.1 Å². The Bertz CT molecular complexity index is 460. The first-order valence-electron chi connectivity index (χ1n) is 4.39. The number of nitrogen functional groups attached to an aromatic ring is 1. The molecule has 0 bridgehead atoms. The minimum atomic E-state index is -4.62. The molecule has 1 aromatic rings. The fraction of sp³-hybridized carbons (Fsp3) is 0.500. The molecule has 0 amide bonds. The number of hydrogen-bond acceptors (Lipinski definition) is 4. The highest BCUT2D eigenvalue weighted by molar-refractivity contribution is 5.23. The number of hydrogen-bond donors (Lipinski definition) is 2. The lowest BCUT2D eigenvalue weighted by Gasteiger charge is -2.25. The van der Waals surface area contributed by atoms with Gasteiger partial charge in [0, 0.05) is 6.20 Å². The van der Waals surface area contributed by atoms with Gasteiger partial charge in [0.05, 0.1) is 6.54 Å². The number of halogens is 4. The predicted octanol–water partition coefficient (Wildman–Crippen LogP) is 0.0884. The Hall–Kier alpha value is -1.64. The zero-order valence-electron chi connectivity index (χ0n) is 8.41. The first-order chi connectivity index (χ1) is 7.69. The molecule has 0 atom stereocenters. The second-order valence-electron chi connectivity index (χ2n) is 3.33. The molecule has 1 heterocycles. The third-order valence-corrected chi connectivity index (χ3v) is 2.00. The Morgan fingerprint density at radius 2 is 1.94 bits per heavy atom. The quantitative estimate of drug-likeness (QED) is 0.747. The molecule has 0 unspecified atom stereocenters. The molecule has 0 fully saturated rings. The number of aliphatic hydroxyl groups excluding tert-OH is 1. The van der Waals surface area contributed by atoms with E-state index in [1.165, 1.54) is 0 Å². The van der Waals surface area contributed by atoms with Crippen molar-refractivity contribution in [2.75, 3.05) is 12.3 Å². The van der Waals surface area contributed by atoms with E-state index in [9.17, 15) is 22.4 Å². The van der Waals surface area contributed by atoms with Gasteiger partial charge in [-0.2, -0.15) is 22.5 Å². The number of nitrogens with two attached hydrogens (primary N) is 1. The number of nitrogens with zero attached hydrogens (tertiary/aromatic N) is 2. The average Bonchev–Trinajstić information content (AvgIpc) is 2.22. The van der Waals surface area contributed by atoms with E-state index < -0.39 is 30.7 Å². The van der Waals surface area contributed by atoms with Crippen LogP contribution in [0, 0.1) is 0 Å². The van der Waals surface area contributed by atoms with Crippen LogP contribution in [0.3, 0.4) is 0 Å². The average molecular weight is 255 g/mol. The van der Waals surface area contributed by atoms with Gasteiger partial charge in [-0.05, 0) is 6.07 Å². The smallest absolute Gasteiger partial charge is 0.349 e. The van der Waals surface area contributed by atoms with Crippen molar-refractivity contribution in [3.05, 3.63) is 22.7 Å². The Balaban J connectivity index is 3.02. The summed E-state index contributed by atoms with van der Waals surface area (Å²) in [6, 6.07) is 1.02. The summed E-state index contributed by atoms with van der Waals surface area (Å²) in [7, 11) is 0. The van der Waals surface area contributed by atoms with Gasteiger partial charge in [0.1, 0.15) is 12.4 Å². The van der Waals surface area contributed by atoms with E-state index in [4.69, 9.17) is 10.8 Å². The highest BCUT2D eigenvalue weighted by Gasteiger charge is 2.56. The lowest BCUT2D eigenvalue weighted by atomic mass is 10.2. The van der Waals surface area contributed by atoms with Crippen LogP contribution >= 0.6 is 0 Å². The summed E-state index contributed by atoms with van der Waals surface area (Å²) in [5.74, 6) is -9.39. The van der Waals surface area contributed by atoms with Crippen molar-refractivity contribution in [3.8, 4) is 0 Å². The van der Waals surface area contributed by atoms with Crippen molar-refractivity contribution in [1.29, 1.82) is 0 Å². The Morgan fingerprint density at radius 3 is 2.41 bits per heavy atom. The largest absolute Gasteiger partial charge is 0.390 e. The molecule has 0 aliphatic rings. The Morgan fingerprint density at radius 1 is 1.35 bits per heavy atom. The van der Waals surface area contributed by atoms with Gasteiger partial charge in [0.15, 0.2) is 0 Å². The van der Waals surface area contributed by atoms with Crippen molar-refractivity contribution >= 4 is 5.82 Å². The summed E-state index contributed by atoms with van der Waals surface area (Å²) in [6.07, 6.45) is 0.825. The highest BCUT2D eigenvalue weighted by atomic mass is 19.3. The van der Waals surface area contributed by atoms with E-state index in [0.717, 1.165) is 12.3 Å². The third-order valence-electron chi connectivity index (χ3n) is 2.00. The zero-order valence-corrected chi connectivity index (χ0v) is 8.41. The minimum Gasteiger partial charge on any atom is -0.390 e. The van der Waals surface area contributed by atoms with Crippen LogP contribution in [-0.4, -0.2) is 33.1 Å². The Labute approximate surface area is 92.5 Å². The van der Waals surface area contributed by atoms with E-state index in [2.05, 4.69) is 4.98 Å². The van der Waals surface area contributed by atoms with Gasteiger partial charge in [-0.25, -0.2) is 4.79 Å². The molecule has 3 N–H and O–H groups in total. The first kappa shape index (κ1) is 13.4.